The maximum absolute atomic E-state index is 12.2. The van der Waals surface area contributed by atoms with Gasteiger partial charge in [-0.2, -0.15) is 11.8 Å². The van der Waals surface area contributed by atoms with Crippen LogP contribution in [-0.4, -0.2) is 28.5 Å². The second-order valence-corrected chi connectivity index (χ2v) is 7.52. The van der Waals surface area contributed by atoms with Gasteiger partial charge in [-0.3, -0.25) is 4.79 Å². The Morgan fingerprint density at radius 1 is 1.25 bits per heavy atom. The Morgan fingerprint density at radius 3 is 2.75 bits per heavy atom. The fourth-order valence-corrected chi connectivity index (χ4v) is 5.34. The van der Waals surface area contributed by atoms with Crippen LogP contribution in [0.2, 0.25) is 0 Å². The van der Waals surface area contributed by atoms with E-state index in [9.17, 15) is 14.7 Å². The van der Waals surface area contributed by atoms with E-state index in [0.717, 1.165) is 54.1 Å². The van der Waals surface area contributed by atoms with Crippen LogP contribution in [0.5, 0.6) is 0 Å². The van der Waals surface area contributed by atoms with Crippen LogP contribution in [0, 0.1) is 5.92 Å². The van der Waals surface area contributed by atoms with Crippen molar-refractivity contribution in [1.29, 1.82) is 0 Å². The molecule has 1 atom stereocenters. The standard InChI is InChI=1S/C14H17NO3S2/c16-12(8-5-6-19-7-8)15-13-11(14(17)18)9-3-1-2-4-10(9)20-13/h8H,1-7H2,(H,15,16)(H,17,18). The van der Waals surface area contributed by atoms with Crippen LogP contribution in [0.25, 0.3) is 0 Å². The van der Waals surface area contributed by atoms with Crippen LogP contribution in [0.3, 0.4) is 0 Å². The lowest BCUT2D eigenvalue weighted by Crippen LogP contribution is -2.23. The second kappa shape index (κ2) is 5.77. The number of carbonyl (C=O) groups excluding carboxylic acids is 1. The molecule has 2 heterocycles. The molecule has 0 bridgehead atoms. The second-order valence-electron chi connectivity index (χ2n) is 5.27. The molecule has 0 spiro atoms. The number of hydrogen-bond acceptors (Lipinski definition) is 4. The molecule has 1 amide bonds. The summed E-state index contributed by atoms with van der Waals surface area (Å²) in [5.74, 6) is 0.960. The number of nitrogens with one attached hydrogen (secondary N) is 1. The highest BCUT2D eigenvalue weighted by Gasteiger charge is 2.29. The third-order valence-electron chi connectivity index (χ3n) is 3.92. The summed E-state index contributed by atoms with van der Waals surface area (Å²) in [5, 5.41) is 12.9. The van der Waals surface area contributed by atoms with Gasteiger partial charge in [0.05, 0.1) is 5.56 Å². The molecule has 1 aliphatic heterocycles. The zero-order chi connectivity index (χ0) is 14.1. The van der Waals surface area contributed by atoms with E-state index >= 15 is 0 Å². The van der Waals surface area contributed by atoms with E-state index in [4.69, 9.17) is 0 Å². The number of fused-ring (bicyclic) bond motifs is 1. The van der Waals surface area contributed by atoms with Crippen molar-refractivity contribution in [1.82, 2.24) is 0 Å². The van der Waals surface area contributed by atoms with E-state index in [-0.39, 0.29) is 11.8 Å². The molecule has 3 rings (SSSR count). The monoisotopic (exact) mass is 311 g/mol. The van der Waals surface area contributed by atoms with Crippen molar-refractivity contribution in [3.05, 3.63) is 16.0 Å². The summed E-state index contributed by atoms with van der Waals surface area (Å²) >= 11 is 3.24. The maximum atomic E-state index is 12.2. The first-order chi connectivity index (χ1) is 9.66. The van der Waals surface area contributed by atoms with Gasteiger partial charge in [-0.05, 0) is 43.4 Å². The van der Waals surface area contributed by atoms with E-state index in [0.29, 0.717) is 10.6 Å². The minimum atomic E-state index is -0.916. The summed E-state index contributed by atoms with van der Waals surface area (Å²) in [4.78, 5) is 24.8. The lowest BCUT2D eigenvalue weighted by molar-refractivity contribution is -0.119. The summed E-state index contributed by atoms with van der Waals surface area (Å²) in [6.07, 6.45) is 4.80. The van der Waals surface area contributed by atoms with Crippen LogP contribution >= 0.6 is 23.1 Å². The summed E-state index contributed by atoms with van der Waals surface area (Å²) in [6, 6.07) is 0. The van der Waals surface area contributed by atoms with E-state index in [1.54, 1.807) is 11.8 Å². The smallest absolute Gasteiger partial charge is 0.339 e. The highest BCUT2D eigenvalue weighted by molar-refractivity contribution is 7.99. The lowest BCUT2D eigenvalue weighted by atomic mass is 9.95. The predicted octanol–water partition coefficient (Wildman–Crippen LogP) is 3.02. The molecular formula is C14H17NO3S2. The molecule has 2 N–H and O–H groups in total. The van der Waals surface area contributed by atoms with E-state index in [1.165, 1.54) is 11.3 Å². The molecule has 108 valence electrons. The van der Waals surface area contributed by atoms with Crippen molar-refractivity contribution < 1.29 is 14.7 Å². The fraction of sp³-hybridized carbons (Fsp3) is 0.571. The van der Waals surface area contributed by atoms with Crippen molar-refractivity contribution in [3.63, 3.8) is 0 Å². The normalized spacial score (nSPS) is 21.5. The van der Waals surface area contributed by atoms with Crippen molar-refractivity contribution in [2.24, 2.45) is 5.92 Å². The van der Waals surface area contributed by atoms with Gasteiger partial charge in [0, 0.05) is 16.5 Å². The van der Waals surface area contributed by atoms with Gasteiger partial charge in [-0.15, -0.1) is 11.3 Å². The quantitative estimate of drug-likeness (QED) is 0.900. The summed E-state index contributed by atoms with van der Waals surface area (Å²) < 4.78 is 0. The van der Waals surface area contributed by atoms with Gasteiger partial charge in [-0.25, -0.2) is 4.79 Å². The van der Waals surface area contributed by atoms with Gasteiger partial charge in [0.15, 0.2) is 0 Å². The number of rotatable bonds is 3. The summed E-state index contributed by atoms with van der Waals surface area (Å²) in [7, 11) is 0. The number of aromatic carboxylic acids is 1. The van der Waals surface area contributed by atoms with Crippen molar-refractivity contribution >= 4 is 40.0 Å². The molecule has 6 heteroatoms. The molecule has 20 heavy (non-hydrogen) atoms. The average Bonchev–Trinajstić information content (AvgIpc) is 3.05. The van der Waals surface area contributed by atoms with Crippen LogP contribution < -0.4 is 5.32 Å². The van der Waals surface area contributed by atoms with Crippen molar-refractivity contribution in [2.75, 3.05) is 16.8 Å². The van der Waals surface area contributed by atoms with Gasteiger partial charge in [0.25, 0.3) is 0 Å². The van der Waals surface area contributed by atoms with Gasteiger partial charge >= 0.3 is 5.97 Å². The third kappa shape index (κ3) is 2.59. The highest BCUT2D eigenvalue weighted by Crippen LogP contribution is 2.38. The number of carbonyl (C=O) groups is 2. The molecular weight excluding hydrogens is 294 g/mol. The Kier molecular flexibility index (Phi) is 4.03. The number of amides is 1. The van der Waals surface area contributed by atoms with E-state index in [1.807, 2.05) is 0 Å². The Balaban J connectivity index is 1.86. The molecule has 1 saturated heterocycles. The van der Waals surface area contributed by atoms with Crippen molar-refractivity contribution in [3.8, 4) is 0 Å². The van der Waals surface area contributed by atoms with Crippen LogP contribution in [0.1, 0.15) is 40.1 Å². The fourth-order valence-electron chi connectivity index (χ4n) is 2.84. The Hall–Kier alpha value is -1.01. The molecule has 0 saturated carbocycles. The third-order valence-corrected chi connectivity index (χ3v) is 6.29. The number of thioether (sulfide) groups is 1. The number of thiophene rings is 1. The maximum Gasteiger partial charge on any atom is 0.339 e. The molecule has 0 aromatic carbocycles. The van der Waals surface area contributed by atoms with Gasteiger partial charge in [-0.1, -0.05) is 0 Å². The molecule has 4 nitrogen and oxygen atoms in total. The molecule has 1 fully saturated rings. The molecule has 1 unspecified atom stereocenters. The first-order valence-corrected chi connectivity index (χ1v) is 8.90. The Labute approximate surface area is 125 Å². The van der Waals surface area contributed by atoms with Gasteiger partial charge < -0.3 is 10.4 Å². The lowest BCUT2D eigenvalue weighted by Gasteiger charge is -2.11. The topological polar surface area (TPSA) is 66.4 Å². The number of hydrogen-bond donors (Lipinski definition) is 2. The molecule has 1 aliphatic carbocycles. The predicted molar refractivity (Wildman–Crippen MR) is 82.0 cm³/mol. The van der Waals surface area contributed by atoms with Gasteiger partial charge in [0.1, 0.15) is 5.00 Å². The van der Waals surface area contributed by atoms with Crippen LogP contribution in [0.15, 0.2) is 0 Å². The largest absolute Gasteiger partial charge is 0.478 e. The van der Waals surface area contributed by atoms with E-state index in [2.05, 4.69) is 5.32 Å². The average molecular weight is 311 g/mol. The number of aryl methyl sites for hydroxylation is 1. The minimum absolute atomic E-state index is 0.0175. The Morgan fingerprint density at radius 2 is 2.05 bits per heavy atom. The van der Waals surface area contributed by atoms with Gasteiger partial charge in [0.2, 0.25) is 5.91 Å². The first kappa shape index (κ1) is 13.9. The Bertz CT molecular complexity index is 547. The number of anilines is 1. The van der Waals surface area contributed by atoms with Crippen molar-refractivity contribution in [2.45, 2.75) is 32.1 Å². The SMILES string of the molecule is O=C(O)c1c(NC(=O)C2CCSC2)sc2c1CCCC2. The van der Waals surface area contributed by atoms with Crippen LogP contribution in [0.4, 0.5) is 5.00 Å². The number of carboxylic acids is 1. The zero-order valence-electron chi connectivity index (χ0n) is 11.1. The molecule has 1 aromatic heterocycles. The molecule has 2 aliphatic rings. The summed E-state index contributed by atoms with van der Waals surface area (Å²) in [6.45, 7) is 0. The molecule has 0 radical (unpaired) electrons. The summed E-state index contributed by atoms with van der Waals surface area (Å²) in [5.41, 5.74) is 1.29. The number of carboxylic acid groups (broad SMARTS) is 1. The van der Waals surface area contributed by atoms with Crippen LogP contribution in [-0.2, 0) is 17.6 Å². The minimum Gasteiger partial charge on any atom is -0.478 e. The highest BCUT2D eigenvalue weighted by atomic mass is 32.2. The first-order valence-electron chi connectivity index (χ1n) is 6.93. The zero-order valence-corrected chi connectivity index (χ0v) is 12.7. The van der Waals surface area contributed by atoms with E-state index < -0.39 is 5.97 Å². The molecule has 1 aromatic rings.